The Labute approximate surface area is 130 Å². The molecule has 0 saturated carbocycles. The van der Waals surface area contributed by atoms with Crippen molar-refractivity contribution >= 4 is 10.0 Å². The third kappa shape index (κ3) is 3.52. The number of nitrogens with one attached hydrogen (secondary N) is 2. The second kappa shape index (κ2) is 6.82. The molecule has 0 amide bonds. The van der Waals surface area contributed by atoms with Crippen molar-refractivity contribution in [2.75, 3.05) is 39.5 Å². The van der Waals surface area contributed by atoms with Crippen molar-refractivity contribution in [3.05, 3.63) is 18.2 Å². The van der Waals surface area contributed by atoms with Gasteiger partial charge in [0, 0.05) is 19.7 Å². The van der Waals surface area contributed by atoms with Gasteiger partial charge in [-0.05, 0) is 25.1 Å². The summed E-state index contributed by atoms with van der Waals surface area (Å²) in [6, 6.07) is 4.86. The number of sulfonamides is 1. The molecule has 1 fully saturated rings. The van der Waals surface area contributed by atoms with E-state index < -0.39 is 10.0 Å². The Hall–Kier alpha value is -1.35. The largest absolute Gasteiger partial charge is 0.486 e. The number of benzene rings is 1. The van der Waals surface area contributed by atoms with Gasteiger partial charge in [0.25, 0.3) is 0 Å². The zero-order valence-electron chi connectivity index (χ0n) is 12.2. The molecule has 0 radical (unpaired) electrons. The summed E-state index contributed by atoms with van der Waals surface area (Å²) in [6.45, 7) is 3.15. The lowest BCUT2D eigenvalue weighted by atomic mass is 10.3. The summed E-state index contributed by atoms with van der Waals surface area (Å²) in [5.41, 5.74) is 0. The van der Waals surface area contributed by atoms with Crippen LogP contribution in [0.3, 0.4) is 0 Å². The van der Waals surface area contributed by atoms with Crippen molar-refractivity contribution in [3.63, 3.8) is 0 Å². The molecule has 2 aliphatic rings. The molecule has 2 aliphatic heterocycles. The summed E-state index contributed by atoms with van der Waals surface area (Å²) in [7, 11) is -3.68. The number of ether oxygens (including phenoxy) is 3. The number of rotatable bonds is 4. The van der Waals surface area contributed by atoms with Gasteiger partial charge in [0.2, 0.25) is 10.0 Å². The van der Waals surface area contributed by atoms with Crippen LogP contribution in [0.1, 0.15) is 6.42 Å². The monoisotopic (exact) mass is 328 g/mol. The van der Waals surface area contributed by atoms with E-state index in [-0.39, 0.29) is 23.3 Å². The molecule has 1 aromatic rings. The highest BCUT2D eigenvalue weighted by atomic mass is 32.2. The fraction of sp³-hybridized carbons (Fsp3) is 0.571. The van der Waals surface area contributed by atoms with Crippen LogP contribution in [0.15, 0.2) is 23.1 Å². The highest BCUT2D eigenvalue weighted by Crippen LogP contribution is 2.36. The van der Waals surface area contributed by atoms with Crippen molar-refractivity contribution < 1.29 is 22.6 Å². The summed E-state index contributed by atoms with van der Waals surface area (Å²) in [5, 5.41) is 3.22. The first kappa shape index (κ1) is 15.5. The molecular formula is C14H20N2O5S. The molecule has 122 valence electrons. The molecule has 2 heterocycles. The molecule has 0 aromatic heterocycles. The van der Waals surface area contributed by atoms with Crippen LogP contribution in [0.25, 0.3) is 0 Å². The van der Waals surface area contributed by atoms with Crippen LogP contribution < -0.4 is 19.5 Å². The molecule has 1 unspecified atom stereocenters. The zero-order valence-corrected chi connectivity index (χ0v) is 13.0. The summed E-state index contributed by atoms with van der Waals surface area (Å²) in [5.74, 6) is 0.739. The Balaban J connectivity index is 1.72. The van der Waals surface area contributed by atoms with Crippen LogP contribution in [0.5, 0.6) is 11.5 Å². The number of para-hydroxylation sites is 1. The van der Waals surface area contributed by atoms with Crippen molar-refractivity contribution in [3.8, 4) is 11.5 Å². The van der Waals surface area contributed by atoms with E-state index in [2.05, 4.69) is 10.0 Å². The Bertz CT molecular complexity index is 612. The second-order valence-electron chi connectivity index (χ2n) is 5.18. The van der Waals surface area contributed by atoms with E-state index in [1.165, 1.54) is 6.07 Å². The third-order valence-corrected chi connectivity index (χ3v) is 4.99. The molecule has 0 aliphatic carbocycles. The van der Waals surface area contributed by atoms with Crippen LogP contribution >= 0.6 is 0 Å². The van der Waals surface area contributed by atoms with Gasteiger partial charge in [0.1, 0.15) is 18.1 Å². The predicted molar refractivity (Wildman–Crippen MR) is 79.8 cm³/mol. The van der Waals surface area contributed by atoms with Crippen LogP contribution in [0, 0.1) is 0 Å². The van der Waals surface area contributed by atoms with Crippen molar-refractivity contribution in [2.45, 2.75) is 17.4 Å². The highest BCUT2D eigenvalue weighted by Gasteiger charge is 2.26. The first-order chi connectivity index (χ1) is 10.7. The fourth-order valence-corrected chi connectivity index (χ4v) is 3.66. The van der Waals surface area contributed by atoms with Gasteiger partial charge in [-0.1, -0.05) is 6.07 Å². The zero-order chi connectivity index (χ0) is 15.4. The third-order valence-electron chi connectivity index (χ3n) is 3.54. The Morgan fingerprint density at radius 3 is 3.00 bits per heavy atom. The topological polar surface area (TPSA) is 85.9 Å². The van der Waals surface area contributed by atoms with Gasteiger partial charge in [-0.2, -0.15) is 0 Å². The van der Waals surface area contributed by atoms with Crippen LogP contribution in [0.4, 0.5) is 0 Å². The van der Waals surface area contributed by atoms with Crippen LogP contribution in [0.2, 0.25) is 0 Å². The van der Waals surface area contributed by atoms with Crippen molar-refractivity contribution in [2.24, 2.45) is 0 Å². The average molecular weight is 328 g/mol. The molecule has 1 aromatic carbocycles. The van der Waals surface area contributed by atoms with E-state index in [9.17, 15) is 8.42 Å². The maximum absolute atomic E-state index is 12.5. The van der Waals surface area contributed by atoms with E-state index >= 15 is 0 Å². The molecule has 1 atom stereocenters. The fourth-order valence-electron chi connectivity index (χ4n) is 2.44. The Kier molecular flexibility index (Phi) is 4.82. The summed E-state index contributed by atoms with van der Waals surface area (Å²) in [4.78, 5) is 0.103. The van der Waals surface area contributed by atoms with Gasteiger partial charge in [-0.25, -0.2) is 13.1 Å². The predicted octanol–water partition coefficient (Wildman–Crippen LogP) is 0.115. The lowest BCUT2D eigenvalue weighted by molar-refractivity contribution is 0.0707. The molecule has 2 N–H and O–H groups in total. The smallest absolute Gasteiger partial charge is 0.244 e. The summed E-state index contributed by atoms with van der Waals surface area (Å²) < 4.78 is 44.1. The summed E-state index contributed by atoms with van der Waals surface area (Å²) in [6.07, 6.45) is 0.759. The molecule has 7 nitrogen and oxygen atoms in total. The molecule has 0 spiro atoms. The lowest BCUT2D eigenvalue weighted by Crippen LogP contribution is -2.38. The Morgan fingerprint density at radius 1 is 1.23 bits per heavy atom. The van der Waals surface area contributed by atoms with Gasteiger partial charge >= 0.3 is 0 Å². The van der Waals surface area contributed by atoms with Crippen molar-refractivity contribution in [1.29, 1.82) is 0 Å². The van der Waals surface area contributed by atoms with Crippen LogP contribution in [-0.4, -0.2) is 54.0 Å². The normalized spacial score (nSPS) is 22.1. The molecular weight excluding hydrogens is 308 g/mol. The van der Waals surface area contributed by atoms with Gasteiger partial charge in [-0.15, -0.1) is 0 Å². The lowest BCUT2D eigenvalue weighted by Gasteiger charge is -2.21. The molecule has 3 rings (SSSR count). The van der Waals surface area contributed by atoms with Gasteiger partial charge < -0.3 is 19.5 Å². The average Bonchev–Trinajstić information content (AvgIpc) is 2.81. The molecule has 22 heavy (non-hydrogen) atoms. The highest BCUT2D eigenvalue weighted by molar-refractivity contribution is 7.89. The molecule has 0 bridgehead atoms. The quantitative estimate of drug-likeness (QED) is 0.816. The first-order valence-electron chi connectivity index (χ1n) is 7.37. The SMILES string of the molecule is O=S(=O)(NCC1CNCCCO1)c1cccc2c1OCCO2. The number of fused-ring (bicyclic) bond motifs is 1. The van der Waals surface area contributed by atoms with Gasteiger partial charge in [-0.3, -0.25) is 0 Å². The van der Waals surface area contributed by atoms with Crippen molar-refractivity contribution in [1.82, 2.24) is 10.0 Å². The van der Waals surface area contributed by atoms with Gasteiger partial charge in [0.05, 0.1) is 6.10 Å². The molecule has 1 saturated heterocycles. The van der Waals surface area contributed by atoms with E-state index in [0.29, 0.717) is 32.1 Å². The van der Waals surface area contributed by atoms with E-state index in [0.717, 1.165) is 13.0 Å². The van der Waals surface area contributed by atoms with Crippen LogP contribution in [-0.2, 0) is 14.8 Å². The van der Waals surface area contributed by atoms with E-state index in [1.807, 2.05) is 0 Å². The number of hydrogen-bond acceptors (Lipinski definition) is 6. The van der Waals surface area contributed by atoms with E-state index in [1.54, 1.807) is 12.1 Å². The second-order valence-corrected chi connectivity index (χ2v) is 6.92. The van der Waals surface area contributed by atoms with Gasteiger partial charge in [0.15, 0.2) is 11.5 Å². The first-order valence-corrected chi connectivity index (χ1v) is 8.86. The summed E-state index contributed by atoms with van der Waals surface area (Å²) >= 11 is 0. The molecule has 8 heteroatoms. The minimum atomic E-state index is -3.68. The standard InChI is InChI=1S/C14H20N2O5S/c17-22(18,16-10-11-9-15-5-2-6-19-11)13-4-1-3-12-14(13)21-8-7-20-12/h1,3-4,11,15-16H,2,5-10H2. The van der Waals surface area contributed by atoms with E-state index in [4.69, 9.17) is 14.2 Å². The minimum absolute atomic E-state index is 0.103. The number of hydrogen-bond donors (Lipinski definition) is 2. The maximum atomic E-state index is 12.5. The maximum Gasteiger partial charge on any atom is 0.244 e. The Morgan fingerprint density at radius 2 is 2.09 bits per heavy atom. The minimum Gasteiger partial charge on any atom is -0.486 e.